The summed E-state index contributed by atoms with van der Waals surface area (Å²) < 4.78 is 17.9. The fraction of sp³-hybridized carbons (Fsp3) is 0.269. The molecule has 0 fully saturated rings. The maximum Gasteiger partial charge on any atom is 0.255 e. The van der Waals surface area contributed by atoms with Crippen LogP contribution in [0.1, 0.15) is 34.8 Å². The van der Waals surface area contributed by atoms with Crippen LogP contribution in [0.25, 0.3) is 0 Å². The van der Waals surface area contributed by atoms with E-state index in [4.69, 9.17) is 14.2 Å². The molecule has 0 aliphatic carbocycles. The summed E-state index contributed by atoms with van der Waals surface area (Å²) in [6, 6.07) is 21.2. The quantitative estimate of drug-likeness (QED) is 0.363. The number of ether oxygens (including phenoxy) is 3. The molecule has 32 heavy (non-hydrogen) atoms. The Kier molecular flexibility index (Phi) is 8.99. The SMILES string of the molecule is CCCOc1ccc(CNC(=O)c2cc(Br)ccc2OCCc2ccccc2)cc1OC. The third-order valence-electron chi connectivity index (χ3n) is 4.82. The van der Waals surface area contributed by atoms with E-state index < -0.39 is 0 Å². The van der Waals surface area contributed by atoms with E-state index >= 15 is 0 Å². The van der Waals surface area contributed by atoms with Gasteiger partial charge in [0.25, 0.3) is 5.91 Å². The monoisotopic (exact) mass is 497 g/mol. The third-order valence-corrected chi connectivity index (χ3v) is 5.31. The Morgan fingerprint density at radius 1 is 0.875 bits per heavy atom. The zero-order chi connectivity index (χ0) is 22.8. The molecule has 0 saturated heterocycles. The first kappa shape index (κ1) is 23.7. The van der Waals surface area contributed by atoms with Crippen LogP contribution in [-0.4, -0.2) is 26.2 Å². The van der Waals surface area contributed by atoms with Gasteiger partial charge in [-0.2, -0.15) is 0 Å². The topological polar surface area (TPSA) is 56.8 Å². The molecule has 0 atom stereocenters. The van der Waals surface area contributed by atoms with E-state index in [9.17, 15) is 4.79 Å². The third kappa shape index (κ3) is 6.76. The first-order valence-corrected chi connectivity index (χ1v) is 11.4. The zero-order valence-electron chi connectivity index (χ0n) is 18.4. The van der Waals surface area contributed by atoms with E-state index in [2.05, 4.69) is 40.3 Å². The smallest absolute Gasteiger partial charge is 0.255 e. The second kappa shape index (κ2) is 12.2. The molecule has 3 aromatic rings. The van der Waals surface area contributed by atoms with E-state index in [0.29, 0.717) is 42.6 Å². The maximum absolute atomic E-state index is 12.9. The van der Waals surface area contributed by atoms with Crippen molar-refractivity contribution in [3.63, 3.8) is 0 Å². The number of hydrogen-bond donors (Lipinski definition) is 1. The van der Waals surface area contributed by atoms with E-state index in [0.717, 1.165) is 22.9 Å². The van der Waals surface area contributed by atoms with Gasteiger partial charge in [0.1, 0.15) is 5.75 Å². The molecule has 0 saturated carbocycles. The van der Waals surface area contributed by atoms with E-state index in [-0.39, 0.29) is 5.91 Å². The molecular formula is C26H28BrNO4. The van der Waals surface area contributed by atoms with E-state index in [1.54, 1.807) is 13.2 Å². The summed E-state index contributed by atoms with van der Waals surface area (Å²) in [7, 11) is 1.61. The minimum absolute atomic E-state index is 0.203. The lowest BCUT2D eigenvalue weighted by Crippen LogP contribution is -2.23. The molecule has 1 N–H and O–H groups in total. The van der Waals surface area contributed by atoms with Crippen LogP contribution in [0.2, 0.25) is 0 Å². The number of carbonyl (C=O) groups is 1. The van der Waals surface area contributed by atoms with Crippen LogP contribution in [0.15, 0.2) is 71.2 Å². The highest BCUT2D eigenvalue weighted by Gasteiger charge is 2.14. The maximum atomic E-state index is 12.9. The molecule has 0 aromatic heterocycles. The van der Waals surface area contributed by atoms with Crippen molar-refractivity contribution in [2.45, 2.75) is 26.3 Å². The van der Waals surface area contributed by atoms with Crippen molar-refractivity contribution in [3.8, 4) is 17.2 Å². The van der Waals surface area contributed by atoms with Gasteiger partial charge >= 0.3 is 0 Å². The molecular weight excluding hydrogens is 470 g/mol. The highest BCUT2D eigenvalue weighted by Crippen LogP contribution is 2.28. The highest BCUT2D eigenvalue weighted by molar-refractivity contribution is 9.10. The standard InChI is InChI=1S/C26H28BrNO4/c1-3-14-31-24-11-9-20(16-25(24)30-2)18-28-26(29)22-17-21(27)10-12-23(22)32-15-13-19-7-5-4-6-8-19/h4-12,16-17H,3,13-15,18H2,1-2H3,(H,28,29). The minimum Gasteiger partial charge on any atom is -0.493 e. The molecule has 0 radical (unpaired) electrons. The van der Waals surface area contributed by atoms with Gasteiger partial charge in [0.2, 0.25) is 0 Å². The Balaban J connectivity index is 1.63. The van der Waals surface area contributed by atoms with Gasteiger partial charge in [-0.3, -0.25) is 4.79 Å². The van der Waals surface area contributed by atoms with Crippen LogP contribution in [-0.2, 0) is 13.0 Å². The second-order valence-electron chi connectivity index (χ2n) is 7.24. The van der Waals surface area contributed by atoms with Crippen LogP contribution in [0, 0.1) is 0 Å². The van der Waals surface area contributed by atoms with Crippen molar-refractivity contribution in [2.24, 2.45) is 0 Å². The van der Waals surface area contributed by atoms with Crippen molar-refractivity contribution in [1.82, 2.24) is 5.32 Å². The molecule has 0 bridgehead atoms. The summed E-state index contributed by atoms with van der Waals surface area (Å²) in [6.45, 7) is 3.53. The molecule has 3 rings (SSSR count). The fourth-order valence-electron chi connectivity index (χ4n) is 3.16. The summed E-state index contributed by atoms with van der Waals surface area (Å²) in [5, 5.41) is 2.97. The van der Waals surface area contributed by atoms with E-state index in [1.165, 1.54) is 5.56 Å². The number of benzene rings is 3. The van der Waals surface area contributed by atoms with Crippen LogP contribution in [0.3, 0.4) is 0 Å². The Bertz CT molecular complexity index is 1020. The Labute approximate surface area is 197 Å². The molecule has 5 nitrogen and oxygen atoms in total. The van der Waals surface area contributed by atoms with Crippen LogP contribution >= 0.6 is 15.9 Å². The molecule has 168 valence electrons. The number of nitrogens with one attached hydrogen (secondary N) is 1. The van der Waals surface area contributed by atoms with Crippen molar-refractivity contribution in [1.29, 1.82) is 0 Å². The van der Waals surface area contributed by atoms with Gasteiger partial charge < -0.3 is 19.5 Å². The molecule has 6 heteroatoms. The Morgan fingerprint density at radius 2 is 1.62 bits per heavy atom. The number of hydrogen-bond acceptors (Lipinski definition) is 4. The number of rotatable bonds is 11. The van der Waals surface area contributed by atoms with Gasteiger partial charge in [0.05, 0.1) is 25.9 Å². The van der Waals surface area contributed by atoms with Crippen LogP contribution in [0.4, 0.5) is 0 Å². The predicted octanol–water partition coefficient (Wildman–Crippen LogP) is 5.80. The molecule has 0 aliphatic heterocycles. The molecule has 0 heterocycles. The average molecular weight is 498 g/mol. The second-order valence-corrected chi connectivity index (χ2v) is 8.16. The van der Waals surface area contributed by atoms with Crippen LogP contribution in [0.5, 0.6) is 17.2 Å². The van der Waals surface area contributed by atoms with Crippen LogP contribution < -0.4 is 19.5 Å². The lowest BCUT2D eigenvalue weighted by atomic mass is 10.1. The van der Waals surface area contributed by atoms with Gasteiger partial charge in [0.15, 0.2) is 11.5 Å². The minimum atomic E-state index is -0.203. The van der Waals surface area contributed by atoms with Gasteiger partial charge in [-0.1, -0.05) is 59.3 Å². The van der Waals surface area contributed by atoms with Crippen molar-refractivity contribution in [2.75, 3.05) is 20.3 Å². The fourth-order valence-corrected chi connectivity index (χ4v) is 3.52. The Hall–Kier alpha value is -2.99. The highest BCUT2D eigenvalue weighted by atomic mass is 79.9. The summed E-state index contributed by atoms with van der Waals surface area (Å²) in [6.07, 6.45) is 1.69. The number of carbonyl (C=O) groups excluding carboxylic acids is 1. The van der Waals surface area contributed by atoms with E-state index in [1.807, 2.05) is 48.5 Å². The lowest BCUT2D eigenvalue weighted by Gasteiger charge is -2.14. The van der Waals surface area contributed by atoms with Crippen molar-refractivity contribution < 1.29 is 19.0 Å². The molecule has 3 aromatic carbocycles. The average Bonchev–Trinajstić information content (AvgIpc) is 2.83. The lowest BCUT2D eigenvalue weighted by molar-refractivity contribution is 0.0946. The van der Waals surface area contributed by atoms with Gasteiger partial charge in [-0.15, -0.1) is 0 Å². The molecule has 0 aliphatic rings. The molecule has 0 spiro atoms. The zero-order valence-corrected chi connectivity index (χ0v) is 20.0. The number of methoxy groups -OCH3 is 1. The Morgan fingerprint density at radius 3 is 2.38 bits per heavy atom. The number of amides is 1. The summed E-state index contributed by atoms with van der Waals surface area (Å²) >= 11 is 3.45. The normalized spacial score (nSPS) is 10.5. The van der Waals surface area contributed by atoms with Crippen molar-refractivity contribution in [3.05, 3.63) is 87.9 Å². The van der Waals surface area contributed by atoms with Gasteiger partial charge in [0, 0.05) is 17.4 Å². The predicted molar refractivity (Wildman–Crippen MR) is 130 cm³/mol. The molecule has 0 unspecified atom stereocenters. The van der Waals surface area contributed by atoms with Gasteiger partial charge in [-0.25, -0.2) is 0 Å². The molecule has 1 amide bonds. The first-order chi connectivity index (χ1) is 15.6. The summed E-state index contributed by atoms with van der Waals surface area (Å²) in [4.78, 5) is 12.9. The van der Waals surface area contributed by atoms with Gasteiger partial charge in [-0.05, 0) is 47.9 Å². The summed E-state index contributed by atoms with van der Waals surface area (Å²) in [5.74, 6) is 1.71. The first-order valence-electron chi connectivity index (χ1n) is 10.6. The summed E-state index contributed by atoms with van der Waals surface area (Å²) in [5.41, 5.74) is 2.60. The van der Waals surface area contributed by atoms with Crippen molar-refractivity contribution >= 4 is 21.8 Å². The number of halogens is 1. The largest absolute Gasteiger partial charge is 0.493 e.